The molecule has 1 aromatic heterocycles. The molecule has 1 atom stereocenters. The van der Waals surface area contributed by atoms with Gasteiger partial charge in [0.1, 0.15) is 10.4 Å². The van der Waals surface area contributed by atoms with E-state index < -0.39 is 16.0 Å². The Hall–Kier alpha value is -3.37. The maximum absolute atomic E-state index is 13.8. The van der Waals surface area contributed by atoms with Gasteiger partial charge in [0.2, 0.25) is 10.0 Å². The molecule has 4 rings (SSSR count). The lowest BCUT2D eigenvalue weighted by atomic mass is 10.00. The van der Waals surface area contributed by atoms with Gasteiger partial charge in [-0.25, -0.2) is 18.2 Å². The van der Waals surface area contributed by atoms with Crippen LogP contribution in [0, 0.1) is 0 Å². The van der Waals surface area contributed by atoms with Gasteiger partial charge in [0, 0.05) is 25.1 Å². The van der Waals surface area contributed by atoms with Gasteiger partial charge in [0.15, 0.2) is 23.0 Å². The highest BCUT2D eigenvalue weighted by molar-refractivity contribution is 7.89. The summed E-state index contributed by atoms with van der Waals surface area (Å²) in [5, 5.41) is 0. The normalized spacial score (nSPS) is 17.2. The summed E-state index contributed by atoms with van der Waals surface area (Å²) in [7, 11) is 0.108. The van der Waals surface area contributed by atoms with Crippen molar-refractivity contribution in [1.82, 2.24) is 9.29 Å². The number of rotatable bonds is 7. The SMILES string of the molecule is COC(=O)/C=C/c1cc(OC)c(OC)c(S(=O)(=O)N2CCCC(c3nc4ccccc4o3)C2)c1. The lowest BCUT2D eigenvalue weighted by Crippen LogP contribution is -2.39. The fourth-order valence-corrected chi connectivity index (χ4v) is 5.76. The highest BCUT2D eigenvalue weighted by atomic mass is 32.2. The number of carbonyl (C=O) groups is 1. The molecule has 0 radical (unpaired) electrons. The molecule has 0 amide bonds. The maximum Gasteiger partial charge on any atom is 0.330 e. The third kappa shape index (κ3) is 4.64. The standard InChI is InChI=1S/C24H26N2O7S/c1-30-20-13-16(10-11-22(27)31-2)14-21(23(20)32-3)34(28,29)26-12-6-7-17(15-26)24-25-18-8-4-5-9-19(18)33-24/h4-5,8-11,13-14,17H,6-7,12,15H2,1-3H3/b11-10+. The third-order valence-corrected chi connectivity index (χ3v) is 7.61. The number of oxazole rings is 1. The lowest BCUT2D eigenvalue weighted by Gasteiger charge is -2.31. The van der Waals surface area contributed by atoms with Gasteiger partial charge < -0.3 is 18.6 Å². The Morgan fingerprint density at radius 2 is 1.97 bits per heavy atom. The molecule has 1 unspecified atom stereocenters. The van der Waals surface area contributed by atoms with E-state index in [2.05, 4.69) is 9.72 Å². The smallest absolute Gasteiger partial charge is 0.330 e. The molecule has 10 heteroatoms. The number of aromatic nitrogens is 1. The first-order valence-electron chi connectivity index (χ1n) is 10.7. The average molecular weight is 487 g/mol. The van der Waals surface area contributed by atoms with Crippen molar-refractivity contribution in [2.75, 3.05) is 34.4 Å². The van der Waals surface area contributed by atoms with E-state index in [1.54, 1.807) is 6.07 Å². The Labute approximate surface area is 198 Å². The zero-order valence-electron chi connectivity index (χ0n) is 19.2. The number of methoxy groups -OCH3 is 3. The number of piperidine rings is 1. The Kier molecular flexibility index (Phi) is 6.90. The minimum Gasteiger partial charge on any atom is -0.493 e. The maximum atomic E-state index is 13.8. The van der Waals surface area contributed by atoms with Crippen molar-refractivity contribution >= 4 is 33.2 Å². The van der Waals surface area contributed by atoms with Gasteiger partial charge >= 0.3 is 5.97 Å². The summed E-state index contributed by atoms with van der Waals surface area (Å²) in [5.41, 5.74) is 1.87. The van der Waals surface area contributed by atoms with Gasteiger partial charge in [-0.05, 0) is 48.7 Å². The summed E-state index contributed by atoms with van der Waals surface area (Å²) in [6.07, 6.45) is 4.09. The van der Waals surface area contributed by atoms with Crippen molar-refractivity contribution in [2.24, 2.45) is 0 Å². The largest absolute Gasteiger partial charge is 0.493 e. The highest BCUT2D eigenvalue weighted by Gasteiger charge is 2.35. The minimum atomic E-state index is -3.97. The van der Waals surface area contributed by atoms with Gasteiger partial charge in [0.25, 0.3) is 0 Å². The van der Waals surface area contributed by atoms with Crippen LogP contribution in [-0.2, 0) is 19.6 Å². The van der Waals surface area contributed by atoms with Crippen molar-refractivity contribution in [3.05, 3.63) is 53.9 Å². The van der Waals surface area contributed by atoms with Gasteiger partial charge in [-0.15, -0.1) is 0 Å². The van der Waals surface area contributed by atoms with Crippen LogP contribution < -0.4 is 9.47 Å². The molecule has 0 aliphatic carbocycles. The van der Waals surface area contributed by atoms with Crippen LogP contribution in [0.15, 0.2) is 51.8 Å². The van der Waals surface area contributed by atoms with E-state index >= 15 is 0 Å². The van der Waals surface area contributed by atoms with Crippen LogP contribution in [0.25, 0.3) is 17.2 Å². The lowest BCUT2D eigenvalue weighted by molar-refractivity contribution is -0.134. The zero-order chi connectivity index (χ0) is 24.3. The van der Waals surface area contributed by atoms with Crippen molar-refractivity contribution in [1.29, 1.82) is 0 Å². The predicted octanol–water partition coefficient (Wildman–Crippen LogP) is 3.60. The van der Waals surface area contributed by atoms with Crippen LogP contribution in [-0.4, -0.2) is 58.1 Å². The first-order chi connectivity index (χ1) is 16.4. The van der Waals surface area contributed by atoms with E-state index in [-0.39, 0.29) is 28.9 Å². The molecule has 0 N–H and O–H groups in total. The topological polar surface area (TPSA) is 108 Å². The second-order valence-corrected chi connectivity index (χ2v) is 9.74. The number of hydrogen-bond acceptors (Lipinski definition) is 8. The van der Waals surface area contributed by atoms with Crippen LogP contribution in [0.4, 0.5) is 0 Å². The fraction of sp³-hybridized carbons (Fsp3) is 0.333. The van der Waals surface area contributed by atoms with Crippen LogP contribution in [0.2, 0.25) is 0 Å². The average Bonchev–Trinajstić information content (AvgIpc) is 3.31. The molecule has 1 aliphatic heterocycles. The monoisotopic (exact) mass is 486 g/mol. The Morgan fingerprint density at radius 3 is 2.68 bits per heavy atom. The number of benzene rings is 2. The Morgan fingerprint density at radius 1 is 1.18 bits per heavy atom. The number of sulfonamides is 1. The molecule has 3 aromatic rings. The molecule has 2 heterocycles. The van der Waals surface area contributed by atoms with E-state index in [4.69, 9.17) is 13.9 Å². The first-order valence-corrected chi connectivity index (χ1v) is 12.2. The zero-order valence-corrected chi connectivity index (χ0v) is 20.0. The molecular formula is C24H26N2O7S. The van der Waals surface area contributed by atoms with E-state index in [1.165, 1.54) is 43.9 Å². The second kappa shape index (κ2) is 9.86. The molecule has 0 spiro atoms. The van der Waals surface area contributed by atoms with Gasteiger partial charge in [-0.3, -0.25) is 0 Å². The van der Waals surface area contributed by atoms with Gasteiger partial charge in [0.05, 0.1) is 21.3 Å². The highest BCUT2D eigenvalue weighted by Crippen LogP contribution is 2.39. The van der Waals surface area contributed by atoms with Gasteiger partial charge in [-0.2, -0.15) is 4.31 Å². The number of para-hydroxylation sites is 2. The molecule has 0 saturated carbocycles. The van der Waals surface area contributed by atoms with Crippen LogP contribution in [0.5, 0.6) is 11.5 Å². The van der Waals surface area contributed by atoms with Crippen molar-refractivity contribution in [2.45, 2.75) is 23.7 Å². The summed E-state index contributed by atoms with van der Waals surface area (Å²) in [5.74, 6) is 0.130. The van der Waals surface area contributed by atoms with E-state index in [9.17, 15) is 13.2 Å². The number of fused-ring (bicyclic) bond motifs is 1. The molecule has 180 valence electrons. The number of hydrogen-bond donors (Lipinski definition) is 0. The summed E-state index contributed by atoms with van der Waals surface area (Å²) >= 11 is 0. The summed E-state index contributed by atoms with van der Waals surface area (Å²) in [6.45, 7) is 0.579. The second-order valence-electron chi connectivity index (χ2n) is 7.83. The molecule has 0 bridgehead atoms. The summed E-state index contributed by atoms with van der Waals surface area (Å²) in [6, 6.07) is 10.5. The van der Waals surface area contributed by atoms with Crippen molar-refractivity contribution in [3.63, 3.8) is 0 Å². The molecule has 2 aromatic carbocycles. The number of nitrogens with zero attached hydrogens (tertiary/aromatic N) is 2. The molecular weight excluding hydrogens is 460 g/mol. The quantitative estimate of drug-likeness (QED) is 0.368. The van der Waals surface area contributed by atoms with Crippen LogP contribution in [0.3, 0.4) is 0 Å². The minimum absolute atomic E-state index is 0.0444. The van der Waals surface area contributed by atoms with Crippen LogP contribution in [0.1, 0.15) is 30.2 Å². The summed E-state index contributed by atoms with van der Waals surface area (Å²) in [4.78, 5) is 16.0. The van der Waals surface area contributed by atoms with Crippen LogP contribution >= 0.6 is 0 Å². The molecule has 34 heavy (non-hydrogen) atoms. The van der Waals surface area contributed by atoms with Gasteiger partial charge in [-0.1, -0.05) is 12.1 Å². The number of ether oxygens (including phenoxy) is 3. The van der Waals surface area contributed by atoms with E-state index in [1.807, 2.05) is 24.3 Å². The third-order valence-electron chi connectivity index (χ3n) is 5.74. The number of carbonyl (C=O) groups excluding carboxylic acids is 1. The first kappa shape index (κ1) is 23.8. The fourth-order valence-electron chi connectivity index (χ4n) is 4.04. The Balaban J connectivity index is 1.69. The van der Waals surface area contributed by atoms with Crippen molar-refractivity contribution in [3.8, 4) is 11.5 Å². The molecule has 1 saturated heterocycles. The van der Waals surface area contributed by atoms with E-state index in [0.29, 0.717) is 30.0 Å². The predicted molar refractivity (Wildman–Crippen MR) is 125 cm³/mol. The Bertz CT molecular complexity index is 1300. The van der Waals surface area contributed by atoms with Crippen molar-refractivity contribution < 1.29 is 31.8 Å². The molecule has 1 fully saturated rings. The van der Waals surface area contributed by atoms with E-state index in [0.717, 1.165) is 11.9 Å². The molecule has 9 nitrogen and oxygen atoms in total. The number of esters is 1. The summed E-state index contributed by atoms with van der Waals surface area (Å²) < 4.78 is 50.2. The molecule has 1 aliphatic rings.